The largest absolute Gasteiger partial charge is 0.381 e. The zero-order valence-corrected chi connectivity index (χ0v) is 21.2. The predicted octanol–water partition coefficient (Wildman–Crippen LogP) is 1.39. The number of piperazine rings is 1. The molecule has 3 aliphatic rings. The Morgan fingerprint density at radius 2 is 1.73 bits per heavy atom. The van der Waals surface area contributed by atoms with Crippen LogP contribution in [0, 0.1) is 0 Å². The number of guanidine groups is 1. The first kappa shape index (κ1) is 25.6. The molecule has 174 valence electrons. The van der Waals surface area contributed by atoms with Crippen LogP contribution in [0.3, 0.4) is 0 Å². The molecule has 1 amide bonds. The number of aliphatic imine (C=N–C) groups is 1. The van der Waals surface area contributed by atoms with Gasteiger partial charge in [0.05, 0.1) is 18.2 Å². The molecule has 3 heterocycles. The van der Waals surface area contributed by atoms with Gasteiger partial charge in [-0.3, -0.25) is 14.7 Å². The molecule has 1 N–H and O–H groups in total. The average Bonchev–Trinajstić information content (AvgIpc) is 3.31. The van der Waals surface area contributed by atoms with E-state index in [1.807, 2.05) is 4.90 Å². The number of likely N-dealkylation sites (tertiary alicyclic amines) is 1. The fourth-order valence-corrected chi connectivity index (χ4v) is 4.49. The summed E-state index contributed by atoms with van der Waals surface area (Å²) in [6.45, 7) is 12.5. The van der Waals surface area contributed by atoms with E-state index in [4.69, 9.17) is 14.5 Å². The fourth-order valence-electron chi connectivity index (χ4n) is 4.49. The van der Waals surface area contributed by atoms with Gasteiger partial charge in [-0.25, -0.2) is 0 Å². The Labute approximate surface area is 198 Å². The molecule has 9 heteroatoms. The minimum absolute atomic E-state index is 0. The van der Waals surface area contributed by atoms with Gasteiger partial charge >= 0.3 is 0 Å². The van der Waals surface area contributed by atoms with Crippen molar-refractivity contribution in [3.63, 3.8) is 0 Å². The minimum Gasteiger partial charge on any atom is -0.381 e. The monoisotopic (exact) mass is 537 g/mol. The lowest BCUT2D eigenvalue weighted by Gasteiger charge is -2.40. The van der Waals surface area contributed by atoms with E-state index in [1.165, 1.54) is 0 Å². The molecule has 0 aromatic rings. The van der Waals surface area contributed by atoms with E-state index in [0.29, 0.717) is 6.54 Å². The number of hydrogen-bond acceptors (Lipinski definition) is 5. The van der Waals surface area contributed by atoms with Crippen LogP contribution in [-0.2, 0) is 14.3 Å². The summed E-state index contributed by atoms with van der Waals surface area (Å²) >= 11 is 0. The zero-order chi connectivity index (χ0) is 20.7. The van der Waals surface area contributed by atoms with Crippen LogP contribution in [0.25, 0.3) is 0 Å². The highest BCUT2D eigenvalue weighted by Gasteiger charge is 2.34. The Hall–Kier alpha value is -0.650. The van der Waals surface area contributed by atoms with Crippen LogP contribution in [-0.4, -0.2) is 111 Å². The summed E-state index contributed by atoms with van der Waals surface area (Å²) in [4.78, 5) is 24.3. The summed E-state index contributed by atoms with van der Waals surface area (Å²) in [6.07, 6.45) is 4.06. The lowest BCUT2D eigenvalue weighted by atomic mass is 9.94. The van der Waals surface area contributed by atoms with Gasteiger partial charge in [0.15, 0.2) is 5.96 Å². The molecule has 0 bridgehead atoms. The third kappa shape index (κ3) is 6.43. The van der Waals surface area contributed by atoms with E-state index < -0.39 is 0 Å². The molecule has 0 saturated carbocycles. The quantitative estimate of drug-likeness (QED) is 0.314. The van der Waals surface area contributed by atoms with Crippen LogP contribution in [0.15, 0.2) is 4.99 Å². The van der Waals surface area contributed by atoms with E-state index in [-0.39, 0.29) is 41.5 Å². The van der Waals surface area contributed by atoms with Gasteiger partial charge < -0.3 is 24.6 Å². The van der Waals surface area contributed by atoms with Crippen LogP contribution in [0.1, 0.15) is 39.5 Å². The molecule has 0 radical (unpaired) electrons. The van der Waals surface area contributed by atoms with Gasteiger partial charge in [0, 0.05) is 79.0 Å². The summed E-state index contributed by atoms with van der Waals surface area (Å²) in [5, 5.41) is 3.44. The highest BCUT2D eigenvalue weighted by Crippen LogP contribution is 2.25. The second kappa shape index (κ2) is 12.4. The van der Waals surface area contributed by atoms with Gasteiger partial charge in [-0.2, -0.15) is 0 Å². The Bertz CT molecular complexity index is 557. The van der Waals surface area contributed by atoms with Gasteiger partial charge in [-0.05, 0) is 26.7 Å². The first-order valence-electron chi connectivity index (χ1n) is 11.3. The zero-order valence-electron chi connectivity index (χ0n) is 18.9. The van der Waals surface area contributed by atoms with Crippen LogP contribution < -0.4 is 5.32 Å². The number of methoxy groups -OCH3 is 1. The standard InChI is InChI=1S/C21H39N5O3.HI/c1-4-22-20(23-17-21(28-3)7-15-29-16-8-21)26-13-11-24(12-14-26)18(2)19(27)25-9-5-6-10-25;/h18H,4-17H2,1-3H3,(H,22,23);1H. The van der Waals surface area contributed by atoms with Crippen LogP contribution in [0.4, 0.5) is 0 Å². The molecule has 3 fully saturated rings. The van der Waals surface area contributed by atoms with Gasteiger partial charge in [0.2, 0.25) is 5.91 Å². The molecule has 30 heavy (non-hydrogen) atoms. The van der Waals surface area contributed by atoms with E-state index in [0.717, 1.165) is 90.7 Å². The van der Waals surface area contributed by atoms with Crippen molar-refractivity contribution < 1.29 is 14.3 Å². The van der Waals surface area contributed by atoms with Crippen LogP contribution in [0.2, 0.25) is 0 Å². The highest BCUT2D eigenvalue weighted by atomic mass is 127. The first-order chi connectivity index (χ1) is 14.1. The Morgan fingerprint density at radius 3 is 2.30 bits per heavy atom. The van der Waals surface area contributed by atoms with Crippen molar-refractivity contribution in [1.82, 2.24) is 20.0 Å². The number of nitrogens with one attached hydrogen (secondary N) is 1. The second-order valence-corrected chi connectivity index (χ2v) is 8.40. The summed E-state index contributed by atoms with van der Waals surface area (Å²) in [5.74, 6) is 1.24. The molecule has 8 nitrogen and oxygen atoms in total. The molecule has 0 spiro atoms. The van der Waals surface area contributed by atoms with E-state index in [1.54, 1.807) is 7.11 Å². The Balaban J connectivity index is 0.00000320. The lowest BCUT2D eigenvalue weighted by Crippen LogP contribution is -2.57. The van der Waals surface area contributed by atoms with Crippen LogP contribution in [0.5, 0.6) is 0 Å². The summed E-state index contributed by atoms with van der Waals surface area (Å²) in [5.41, 5.74) is -0.211. The maximum atomic E-state index is 12.7. The molecule has 0 aromatic carbocycles. The molecule has 3 rings (SSSR count). The summed E-state index contributed by atoms with van der Waals surface area (Å²) < 4.78 is 11.3. The minimum atomic E-state index is -0.211. The molecular weight excluding hydrogens is 497 g/mol. The number of hydrogen-bond donors (Lipinski definition) is 1. The topological polar surface area (TPSA) is 69.6 Å². The van der Waals surface area contributed by atoms with Crippen molar-refractivity contribution >= 4 is 35.8 Å². The lowest BCUT2D eigenvalue weighted by molar-refractivity contribution is -0.135. The van der Waals surface area contributed by atoms with E-state index >= 15 is 0 Å². The number of ether oxygens (including phenoxy) is 2. The summed E-state index contributed by atoms with van der Waals surface area (Å²) in [7, 11) is 1.78. The molecule has 3 aliphatic heterocycles. The Morgan fingerprint density at radius 1 is 1.10 bits per heavy atom. The molecule has 0 aromatic heterocycles. The molecular formula is C21H40IN5O3. The number of halogens is 1. The van der Waals surface area contributed by atoms with Crippen molar-refractivity contribution in [1.29, 1.82) is 0 Å². The van der Waals surface area contributed by atoms with Gasteiger partial charge in [-0.1, -0.05) is 0 Å². The number of carbonyl (C=O) groups excluding carboxylic acids is 1. The fraction of sp³-hybridized carbons (Fsp3) is 0.905. The van der Waals surface area contributed by atoms with E-state index in [9.17, 15) is 4.79 Å². The van der Waals surface area contributed by atoms with Crippen molar-refractivity contribution in [2.24, 2.45) is 4.99 Å². The van der Waals surface area contributed by atoms with Crippen molar-refractivity contribution in [3.8, 4) is 0 Å². The molecule has 0 aliphatic carbocycles. The predicted molar refractivity (Wildman–Crippen MR) is 130 cm³/mol. The van der Waals surface area contributed by atoms with E-state index in [2.05, 4.69) is 29.0 Å². The average molecular weight is 537 g/mol. The summed E-state index contributed by atoms with van der Waals surface area (Å²) in [6, 6.07) is -0.0335. The molecule has 1 atom stereocenters. The first-order valence-corrected chi connectivity index (χ1v) is 11.3. The normalized spacial score (nSPS) is 23.8. The smallest absolute Gasteiger partial charge is 0.239 e. The third-order valence-corrected chi connectivity index (χ3v) is 6.63. The van der Waals surface area contributed by atoms with Crippen molar-refractivity contribution in [3.05, 3.63) is 0 Å². The maximum Gasteiger partial charge on any atom is 0.239 e. The number of carbonyl (C=O) groups is 1. The van der Waals surface area contributed by atoms with Crippen LogP contribution >= 0.6 is 24.0 Å². The van der Waals surface area contributed by atoms with Gasteiger partial charge in [0.1, 0.15) is 0 Å². The SMILES string of the molecule is CCNC(=NCC1(OC)CCOCC1)N1CCN(C(C)C(=O)N2CCCC2)CC1.I. The van der Waals surface area contributed by atoms with Gasteiger partial charge in [0.25, 0.3) is 0 Å². The second-order valence-electron chi connectivity index (χ2n) is 8.40. The Kier molecular flexibility index (Phi) is 10.6. The van der Waals surface area contributed by atoms with Crippen molar-refractivity contribution in [2.45, 2.75) is 51.2 Å². The number of nitrogens with zero attached hydrogens (tertiary/aromatic N) is 4. The third-order valence-electron chi connectivity index (χ3n) is 6.63. The maximum absolute atomic E-state index is 12.7. The van der Waals surface area contributed by atoms with Crippen molar-refractivity contribution in [2.75, 3.05) is 72.7 Å². The molecule has 1 unspecified atom stereocenters. The molecule has 3 saturated heterocycles. The number of amides is 1. The number of rotatable bonds is 6. The highest BCUT2D eigenvalue weighted by molar-refractivity contribution is 14.0. The van der Waals surface area contributed by atoms with Gasteiger partial charge in [-0.15, -0.1) is 24.0 Å².